The molecule has 0 fully saturated rings. The molecule has 8 heteroatoms. The van der Waals surface area contributed by atoms with Crippen molar-refractivity contribution in [3.8, 4) is 11.5 Å². The molecule has 2 amide bonds. The molecule has 0 saturated carbocycles. The molecule has 2 aromatic carbocycles. The first-order valence-corrected chi connectivity index (χ1v) is 11.9. The van der Waals surface area contributed by atoms with Gasteiger partial charge in [-0.25, -0.2) is 9.97 Å². The Morgan fingerprint density at radius 3 is 2.49 bits per heavy atom. The average molecular weight is 495 g/mol. The normalized spacial score (nSPS) is 11.0. The maximum absolute atomic E-state index is 13.4. The van der Waals surface area contributed by atoms with E-state index in [0.717, 1.165) is 27.8 Å². The van der Waals surface area contributed by atoms with Gasteiger partial charge in [-0.3, -0.25) is 9.59 Å². The number of amides is 2. The van der Waals surface area contributed by atoms with E-state index < -0.39 is 0 Å². The molecule has 0 aliphatic carbocycles. The minimum absolute atomic E-state index is 0.205. The SMILES string of the molecule is Cc1cc(C)c2nc(-c3ccco3)cc(C(=O)Nc3ccc(C(=O)NCCc4cnc(C)o4)cc3)c2c1. The van der Waals surface area contributed by atoms with E-state index in [-0.39, 0.29) is 11.8 Å². The van der Waals surface area contributed by atoms with Crippen LogP contribution in [0.1, 0.15) is 43.5 Å². The molecule has 0 spiro atoms. The van der Waals surface area contributed by atoms with Crippen molar-refractivity contribution in [2.75, 3.05) is 11.9 Å². The van der Waals surface area contributed by atoms with Crippen molar-refractivity contribution >= 4 is 28.4 Å². The highest BCUT2D eigenvalue weighted by molar-refractivity contribution is 6.13. The Morgan fingerprint density at radius 2 is 1.78 bits per heavy atom. The Labute approximate surface area is 213 Å². The highest BCUT2D eigenvalue weighted by Crippen LogP contribution is 2.29. The van der Waals surface area contributed by atoms with Crippen LogP contribution in [-0.4, -0.2) is 28.3 Å². The Morgan fingerprint density at radius 1 is 0.973 bits per heavy atom. The third kappa shape index (κ3) is 5.28. The maximum Gasteiger partial charge on any atom is 0.256 e. The van der Waals surface area contributed by atoms with Crippen LogP contribution in [0.4, 0.5) is 5.69 Å². The van der Waals surface area contributed by atoms with Crippen LogP contribution in [0.2, 0.25) is 0 Å². The van der Waals surface area contributed by atoms with Crippen molar-refractivity contribution in [1.82, 2.24) is 15.3 Å². The van der Waals surface area contributed by atoms with Gasteiger partial charge in [-0.15, -0.1) is 0 Å². The van der Waals surface area contributed by atoms with Crippen LogP contribution in [0, 0.1) is 20.8 Å². The number of carbonyl (C=O) groups is 2. The van der Waals surface area contributed by atoms with Crippen LogP contribution in [0.5, 0.6) is 0 Å². The Bertz CT molecular complexity index is 1580. The summed E-state index contributed by atoms with van der Waals surface area (Å²) in [6.45, 7) is 6.18. The van der Waals surface area contributed by atoms with Gasteiger partial charge in [0.1, 0.15) is 11.5 Å². The lowest BCUT2D eigenvalue weighted by atomic mass is 10.0. The number of pyridine rings is 1. The number of oxazole rings is 1. The van der Waals surface area contributed by atoms with E-state index in [1.54, 1.807) is 55.8 Å². The van der Waals surface area contributed by atoms with Gasteiger partial charge in [-0.2, -0.15) is 0 Å². The van der Waals surface area contributed by atoms with Crippen LogP contribution in [0.25, 0.3) is 22.4 Å². The number of anilines is 1. The number of hydrogen-bond donors (Lipinski definition) is 2. The highest BCUT2D eigenvalue weighted by Gasteiger charge is 2.17. The van der Waals surface area contributed by atoms with Crippen molar-refractivity contribution in [1.29, 1.82) is 0 Å². The summed E-state index contributed by atoms with van der Waals surface area (Å²) in [6, 6.07) is 16.1. The molecule has 0 aliphatic rings. The summed E-state index contributed by atoms with van der Waals surface area (Å²) in [7, 11) is 0. The van der Waals surface area contributed by atoms with E-state index in [2.05, 4.69) is 15.6 Å². The monoisotopic (exact) mass is 494 g/mol. The van der Waals surface area contributed by atoms with Crippen molar-refractivity contribution in [2.45, 2.75) is 27.2 Å². The first kappa shape index (κ1) is 24.0. The van der Waals surface area contributed by atoms with Gasteiger partial charge in [0.2, 0.25) is 0 Å². The minimum atomic E-state index is -0.273. The fourth-order valence-corrected chi connectivity index (χ4v) is 4.24. The lowest BCUT2D eigenvalue weighted by molar-refractivity contribution is 0.0953. The van der Waals surface area contributed by atoms with Crippen LogP contribution >= 0.6 is 0 Å². The number of aromatic nitrogens is 2. The first-order chi connectivity index (χ1) is 17.9. The molecule has 0 unspecified atom stereocenters. The van der Waals surface area contributed by atoms with Crippen LogP contribution in [0.3, 0.4) is 0 Å². The number of hydrogen-bond acceptors (Lipinski definition) is 6. The maximum atomic E-state index is 13.4. The molecule has 37 heavy (non-hydrogen) atoms. The number of rotatable bonds is 7. The summed E-state index contributed by atoms with van der Waals surface area (Å²) in [6.07, 6.45) is 3.79. The largest absolute Gasteiger partial charge is 0.463 e. The first-order valence-electron chi connectivity index (χ1n) is 11.9. The predicted molar refractivity (Wildman–Crippen MR) is 141 cm³/mol. The fraction of sp³-hybridized carbons (Fsp3) is 0.172. The number of nitrogens with zero attached hydrogens (tertiary/aromatic N) is 2. The Balaban J connectivity index is 1.33. The summed E-state index contributed by atoms with van der Waals surface area (Å²) < 4.78 is 11.0. The molecular weight excluding hydrogens is 468 g/mol. The predicted octanol–water partition coefficient (Wildman–Crippen LogP) is 5.63. The van der Waals surface area contributed by atoms with Crippen molar-refractivity contribution in [2.24, 2.45) is 0 Å². The van der Waals surface area contributed by atoms with Crippen molar-refractivity contribution in [3.05, 3.63) is 101 Å². The van der Waals surface area contributed by atoms with E-state index >= 15 is 0 Å². The number of benzene rings is 2. The molecule has 0 saturated heterocycles. The molecule has 0 aliphatic heterocycles. The van der Waals surface area contributed by atoms with Gasteiger partial charge in [0, 0.05) is 36.5 Å². The molecule has 3 heterocycles. The van der Waals surface area contributed by atoms with Crippen molar-refractivity contribution in [3.63, 3.8) is 0 Å². The van der Waals surface area contributed by atoms with E-state index in [9.17, 15) is 9.59 Å². The zero-order valence-corrected chi connectivity index (χ0v) is 20.8. The van der Waals surface area contributed by atoms with Gasteiger partial charge in [0.25, 0.3) is 11.8 Å². The van der Waals surface area contributed by atoms with E-state index in [1.165, 1.54) is 0 Å². The lowest BCUT2D eigenvalue weighted by Crippen LogP contribution is -2.25. The van der Waals surface area contributed by atoms with Gasteiger partial charge in [-0.1, -0.05) is 11.6 Å². The zero-order chi connectivity index (χ0) is 25.9. The number of fused-ring (bicyclic) bond motifs is 1. The molecule has 3 aromatic heterocycles. The van der Waals surface area contributed by atoms with Gasteiger partial charge < -0.3 is 19.5 Å². The fourth-order valence-electron chi connectivity index (χ4n) is 4.24. The number of furan rings is 1. The quantitative estimate of drug-likeness (QED) is 0.303. The second kappa shape index (κ2) is 10.1. The summed E-state index contributed by atoms with van der Waals surface area (Å²) in [5.41, 5.74) is 4.92. The third-order valence-electron chi connectivity index (χ3n) is 6.00. The molecule has 5 rings (SSSR count). The number of nitrogens with one attached hydrogen (secondary N) is 2. The molecule has 0 radical (unpaired) electrons. The van der Waals surface area contributed by atoms with Gasteiger partial charge in [0.05, 0.1) is 23.5 Å². The van der Waals surface area contributed by atoms with Crippen LogP contribution in [0.15, 0.2) is 75.9 Å². The van der Waals surface area contributed by atoms with Crippen LogP contribution < -0.4 is 10.6 Å². The van der Waals surface area contributed by atoms with E-state index in [4.69, 9.17) is 13.8 Å². The van der Waals surface area contributed by atoms with E-state index in [0.29, 0.717) is 47.1 Å². The molecular formula is C29H26N4O4. The lowest BCUT2D eigenvalue weighted by Gasteiger charge is -2.12. The van der Waals surface area contributed by atoms with Crippen LogP contribution in [-0.2, 0) is 6.42 Å². The zero-order valence-electron chi connectivity index (χ0n) is 20.8. The second-order valence-corrected chi connectivity index (χ2v) is 8.89. The summed E-state index contributed by atoms with van der Waals surface area (Å²) in [4.78, 5) is 34.7. The van der Waals surface area contributed by atoms with Crippen molar-refractivity contribution < 1.29 is 18.4 Å². The molecule has 0 atom stereocenters. The summed E-state index contributed by atoms with van der Waals surface area (Å²) >= 11 is 0. The Hall–Kier alpha value is -4.72. The smallest absolute Gasteiger partial charge is 0.256 e. The molecule has 0 bridgehead atoms. The molecule has 8 nitrogen and oxygen atoms in total. The highest BCUT2D eigenvalue weighted by atomic mass is 16.4. The van der Waals surface area contributed by atoms with Gasteiger partial charge >= 0.3 is 0 Å². The molecule has 186 valence electrons. The number of aryl methyl sites for hydroxylation is 3. The topological polar surface area (TPSA) is 110 Å². The molecule has 5 aromatic rings. The number of carbonyl (C=O) groups excluding carboxylic acids is 2. The Kier molecular flexibility index (Phi) is 6.55. The van der Waals surface area contributed by atoms with E-state index in [1.807, 2.05) is 32.0 Å². The standard InChI is InChI=1S/C29H26N4O4/c1-17-13-18(2)27-23(14-17)24(15-25(33-27)26-5-4-12-36-26)29(35)32-21-8-6-20(7-9-21)28(34)30-11-10-22-16-31-19(3)37-22/h4-9,12-16H,10-11H2,1-3H3,(H,30,34)(H,32,35). The second-order valence-electron chi connectivity index (χ2n) is 8.89. The summed E-state index contributed by atoms with van der Waals surface area (Å²) in [5.74, 6) is 1.43. The van der Waals surface area contributed by atoms with Gasteiger partial charge in [0.15, 0.2) is 11.7 Å². The third-order valence-corrected chi connectivity index (χ3v) is 6.00. The average Bonchev–Trinajstić information content (AvgIpc) is 3.56. The van der Waals surface area contributed by atoms with Gasteiger partial charge in [-0.05, 0) is 67.9 Å². The summed E-state index contributed by atoms with van der Waals surface area (Å²) in [5, 5.41) is 6.58. The molecule has 2 N–H and O–H groups in total. The minimum Gasteiger partial charge on any atom is -0.463 e.